The molecular formula is C32H41N3O5. The molecule has 4 aliphatic heterocycles. The van der Waals surface area contributed by atoms with Crippen LogP contribution < -0.4 is 4.90 Å². The second-order valence-corrected chi connectivity index (χ2v) is 12.0. The number of anilines is 1. The SMILES string of the molecule is CC[C@@H](CO)N1C(=O)[C@@H]2[C@@H]3C(=O)N(c4ccccc4)CC=C[C@]3(CC)O[C@@]23C=CCN(C2CCCCC2)C(=O)C13. The summed E-state index contributed by atoms with van der Waals surface area (Å²) in [6.07, 6.45) is 14.0. The Morgan fingerprint density at radius 1 is 0.925 bits per heavy atom. The molecule has 4 heterocycles. The number of hydrogen-bond acceptors (Lipinski definition) is 5. The number of para-hydroxylation sites is 1. The van der Waals surface area contributed by atoms with Gasteiger partial charge in [0.15, 0.2) is 0 Å². The monoisotopic (exact) mass is 547 g/mol. The zero-order valence-corrected chi connectivity index (χ0v) is 23.6. The number of nitrogens with zero attached hydrogens (tertiary/aromatic N) is 3. The Morgan fingerprint density at radius 2 is 1.65 bits per heavy atom. The molecule has 1 saturated carbocycles. The van der Waals surface area contributed by atoms with Crippen LogP contribution in [0.5, 0.6) is 0 Å². The van der Waals surface area contributed by atoms with E-state index in [0.717, 1.165) is 31.4 Å². The van der Waals surface area contributed by atoms with Crippen LogP contribution in [-0.4, -0.2) is 81.7 Å². The Kier molecular flexibility index (Phi) is 7.11. The van der Waals surface area contributed by atoms with Gasteiger partial charge in [0.2, 0.25) is 17.7 Å². The van der Waals surface area contributed by atoms with E-state index in [1.54, 1.807) is 9.80 Å². The summed E-state index contributed by atoms with van der Waals surface area (Å²) >= 11 is 0. The van der Waals surface area contributed by atoms with Gasteiger partial charge in [-0.15, -0.1) is 0 Å². The number of amides is 3. The first-order valence-corrected chi connectivity index (χ1v) is 15.1. The fourth-order valence-electron chi connectivity index (χ4n) is 8.09. The van der Waals surface area contributed by atoms with Crippen molar-refractivity contribution in [2.75, 3.05) is 24.6 Å². The molecule has 8 nitrogen and oxygen atoms in total. The second kappa shape index (κ2) is 10.5. The minimum Gasteiger partial charge on any atom is -0.394 e. The van der Waals surface area contributed by atoms with Gasteiger partial charge in [-0.05, 0) is 37.8 Å². The van der Waals surface area contributed by atoms with Gasteiger partial charge in [0, 0.05) is 24.8 Å². The van der Waals surface area contributed by atoms with Gasteiger partial charge < -0.3 is 24.5 Å². The molecule has 6 rings (SSSR count). The fourth-order valence-corrected chi connectivity index (χ4v) is 8.09. The molecule has 3 fully saturated rings. The number of carbonyl (C=O) groups is 3. The smallest absolute Gasteiger partial charge is 0.249 e. The van der Waals surface area contributed by atoms with Gasteiger partial charge in [0.05, 0.1) is 30.1 Å². The Labute approximate surface area is 236 Å². The normalized spacial score (nSPS) is 34.9. The van der Waals surface area contributed by atoms with E-state index in [1.165, 1.54) is 6.42 Å². The summed E-state index contributed by atoms with van der Waals surface area (Å²) in [5, 5.41) is 10.4. The lowest BCUT2D eigenvalue weighted by atomic mass is 9.73. The van der Waals surface area contributed by atoms with Crippen LogP contribution in [-0.2, 0) is 19.1 Å². The number of likely N-dealkylation sites (tertiary alicyclic amines) is 1. The highest BCUT2D eigenvalue weighted by Crippen LogP contribution is 2.59. The highest BCUT2D eigenvalue weighted by Gasteiger charge is 2.76. The maximum absolute atomic E-state index is 14.6. The molecule has 1 aromatic carbocycles. The third kappa shape index (κ3) is 3.90. The van der Waals surface area contributed by atoms with Crippen LogP contribution in [0.4, 0.5) is 5.69 Å². The molecule has 0 aromatic heterocycles. The summed E-state index contributed by atoms with van der Waals surface area (Å²) in [5.74, 6) is -2.23. The van der Waals surface area contributed by atoms with E-state index in [1.807, 2.05) is 73.4 Å². The van der Waals surface area contributed by atoms with Crippen molar-refractivity contribution in [2.45, 2.75) is 88.1 Å². The van der Waals surface area contributed by atoms with Crippen molar-refractivity contribution in [3.63, 3.8) is 0 Å². The average molecular weight is 548 g/mol. The number of aliphatic hydroxyl groups is 1. The lowest BCUT2D eigenvalue weighted by Crippen LogP contribution is -2.60. The number of aliphatic hydroxyl groups excluding tert-OH is 1. The summed E-state index contributed by atoms with van der Waals surface area (Å²) in [5.41, 5.74) is -1.54. The van der Waals surface area contributed by atoms with Gasteiger partial charge in [0.1, 0.15) is 11.6 Å². The molecule has 40 heavy (non-hydrogen) atoms. The lowest BCUT2D eigenvalue weighted by Gasteiger charge is -2.42. The first-order chi connectivity index (χ1) is 19.4. The van der Waals surface area contributed by atoms with Crippen LogP contribution in [0, 0.1) is 11.8 Å². The second-order valence-electron chi connectivity index (χ2n) is 12.0. The highest BCUT2D eigenvalue weighted by atomic mass is 16.5. The predicted octanol–water partition coefficient (Wildman–Crippen LogP) is 3.45. The molecular weight excluding hydrogens is 506 g/mol. The standard InChI is InChI=1S/C32H41N3O5/c1-3-22(21-36)35-27-30(39)34(24-15-9-6-10-16-24)20-12-18-32(27)26(29(35)38)25-28(37)33(23-13-7-5-8-14-23)19-11-17-31(25,4-2)40-32/h5,7-8,11-14,17-18,22,24-27,36H,3-4,6,9-10,15-16,19-21H2,1-2H3/t22-,25+,26-,27?,31-,32-/m0/s1. The summed E-state index contributed by atoms with van der Waals surface area (Å²) in [7, 11) is 0. The molecule has 1 aromatic rings. The number of benzene rings is 1. The van der Waals surface area contributed by atoms with Crippen LogP contribution in [0.25, 0.3) is 0 Å². The van der Waals surface area contributed by atoms with E-state index in [0.29, 0.717) is 25.9 Å². The Morgan fingerprint density at radius 3 is 2.33 bits per heavy atom. The third-order valence-corrected chi connectivity index (χ3v) is 10.1. The van der Waals surface area contributed by atoms with Crippen molar-refractivity contribution in [3.05, 3.63) is 54.6 Å². The third-order valence-electron chi connectivity index (χ3n) is 10.1. The Bertz CT molecular complexity index is 1210. The molecule has 3 amide bonds. The zero-order valence-electron chi connectivity index (χ0n) is 23.6. The Hall–Kier alpha value is -2.97. The first kappa shape index (κ1) is 27.2. The van der Waals surface area contributed by atoms with Crippen molar-refractivity contribution in [1.29, 1.82) is 0 Å². The van der Waals surface area contributed by atoms with Crippen LogP contribution in [0.3, 0.4) is 0 Å². The van der Waals surface area contributed by atoms with Crippen molar-refractivity contribution >= 4 is 23.4 Å². The number of fused-ring (bicyclic) bond motifs is 2. The molecule has 6 atom stereocenters. The molecule has 0 radical (unpaired) electrons. The van der Waals surface area contributed by atoms with Crippen molar-refractivity contribution < 1.29 is 24.2 Å². The van der Waals surface area contributed by atoms with Crippen molar-refractivity contribution in [2.24, 2.45) is 11.8 Å². The van der Waals surface area contributed by atoms with Gasteiger partial charge in [-0.2, -0.15) is 0 Å². The van der Waals surface area contributed by atoms with E-state index >= 15 is 0 Å². The van der Waals surface area contributed by atoms with Crippen LogP contribution in [0.1, 0.15) is 58.8 Å². The number of hydrogen-bond donors (Lipinski definition) is 1. The van der Waals surface area contributed by atoms with E-state index in [2.05, 4.69) is 0 Å². The van der Waals surface area contributed by atoms with Gasteiger partial charge in [-0.3, -0.25) is 14.4 Å². The van der Waals surface area contributed by atoms with E-state index in [9.17, 15) is 19.5 Å². The van der Waals surface area contributed by atoms with Crippen LogP contribution in [0.2, 0.25) is 0 Å². The number of rotatable bonds is 6. The van der Waals surface area contributed by atoms with Gasteiger partial charge in [-0.1, -0.05) is 75.6 Å². The van der Waals surface area contributed by atoms with Crippen LogP contribution in [0.15, 0.2) is 54.6 Å². The maximum Gasteiger partial charge on any atom is 0.249 e. The van der Waals surface area contributed by atoms with E-state index < -0.39 is 35.1 Å². The Balaban J connectivity index is 1.49. The van der Waals surface area contributed by atoms with Crippen molar-refractivity contribution in [1.82, 2.24) is 9.80 Å². The first-order valence-electron chi connectivity index (χ1n) is 15.1. The summed E-state index contributed by atoms with van der Waals surface area (Å²) < 4.78 is 7.07. The van der Waals surface area contributed by atoms with Gasteiger partial charge >= 0.3 is 0 Å². The minimum absolute atomic E-state index is 0.119. The van der Waals surface area contributed by atoms with Crippen molar-refractivity contribution in [3.8, 4) is 0 Å². The lowest BCUT2D eigenvalue weighted by molar-refractivity contribution is -0.157. The zero-order chi connectivity index (χ0) is 28.1. The summed E-state index contributed by atoms with van der Waals surface area (Å²) in [6, 6.07) is 8.16. The molecule has 1 spiro atoms. The molecule has 8 heteroatoms. The summed E-state index contributed by atoms with van der Waals surface area (Å²) in [6.45, 7) is 4.48. The molecule has 1 aliphatic carbocycles. The maximum atomic E-state index is 14.6. The molecule has 214 valence electrons. The average Bonchev–Trinajstić information content (AvgIpc) is 3.27. The highest BCUT2D eigenvalue weighted by molar-refractivity contribution is 6.04. The van der Waals surface area contributed by atoms with Gasteiger partial charge in [-0.25, -0.2) is 0 Å². The number of carbonyl (C=O) groups excluding carboxylic acids is 3. The molecule has 5 aliphatic rings. The predicted molar refractivity (Wildman–Crippen MR) is 151 cm³/mol. The largest absolute Gasteiger partial charge is 0.394 e. The fraction of sp³-hybridized carbons (Fsp3) is 0.594. The van der Waals surface area contributed by atoms with E-state index in [-0.39, 0.29) is 30.4 Å². The van der Waals surface area contributed by atoms with Crippen LogP contribution >= 0.6 is 0 Å². The molecule has 2 saturated heterocycles. The van der Waals surface area contributed by atoms with E-state index in [4.69, 9.17) is 4.74 Å². The quantitative estimate of drug-likeness (QED) is 0.551. The van der Waals surface area contributed by atoms with Gasteiger partial charge in [0.25, 0.3) is 0 Å². The summed E-state index contributed by atoms with van der Waals surface area (Å²) in [4.78, 5) is 49.0. The number of ether oxygens (including phenoxy) is 1. The minimum atomic E-state index is -1.29. The topological polar surface area (TPSA) is 90.4 Å². The molecule has 1 unspecified atom stereocenters. The molecule has 0 bridgehead atoms. The molecule has 1 N–H and O–H groups in total.